The zero-order valence-electron chi connectivity index (χ0n) is 12.7. The van der Waals surface area contributed by atoms with E-state index in [1.165, 1.54) is 29.7 Å². The van der Waals surface area contributed by atoms with Crippen molar-refractivity contribution < 1.29 is 4.79 Å². The summed E-state index contributed by atoms with van der Waals surface area (Å²) in [4.78, 5) is 16.6. The van der Waals surface area contributed by atoms with Crippen LogP contribution in [0.25, 0.3) is 10.2 Å². The first-order chi connectivity index (χ1) is 10.1. The molecule has 6 heteroatoms. The molecule has 1 amide bonds. The number of nitrogens with zero attached hydrogens (tertiary/aromatic N) is 1. The van der Waals surface area contributed by atoms with Crippen LogP contribution in [0.3, 0.4) is 0 Å². The van der Waals surface area contributed by atoms with Crippen LogP contribution in [-0.4, -0.2) is 16.9 Å². The zero-order chi connectivity index (χ0) is 14.8. The number of benzene rings is 1. The van der Waals surface area contributed by atoms with Gasteiger partial charge in [-0.15, -0.1) is 12.4 Å². The summed E-state index contributed by atoms with van der Waals surface area (Å²) in [5.41, 5.74) is 8.25. The number of thiazole rings is 1. The molecule has 120 valence electrons. The number of aryl methyl sites for hydroxylation is 1. The second-order valence-corrected chi connectivity index (χ2v) is 6.98. The Morgan fingerprint density at radius 2 is 2.18 bits per heavy atom. The number of amides is 1. The van der Waals surface area contributed by atoms with Gasteiger partial charge in [0.15, 0.2) is 5.13 Å². The quantitative estimate of drug-likeness (QED) is 0.891. The topological polar surface area (TPSA) is 68.0 Å². The van der Waals surface area contributed by atoms with Gasteiger partial charge in [-0.2, -0.15) is 0 Å². The number of rotatable bonds is 3. The average molecular weight is 340 g/mol. The molecule has 0 bridgehead atoms. The van der Waals surface area contributed by atoms with Crippen molar-refractivity contribution in [1.82, 2.24) is 4.98 Å². The normalized spacial score (nSPS) is 21.4. The molecular weight excluding hydrogens is 318 g/mol. The molecule has 0 saturated heterocycles. The Kier molecular flexibility index (Phi) is 5.78. The van der Waals surface area contributed by atoms with Crippen LogP contribution < -0.4 is 11.1 Å². The molecule has 2 unspecified atom stereocenters. The van der Waals surface area contributed by atoms with Crippen LogP contribution in [0.4, 0.5) is 5.13 Å². The molecule has 1 aliphatic rings. The minimum atomic E-state index is 0. The number of carbonyl (C=O) groups excluding carboxylic acids is 1. The number of hydrogen-bond acceptors (Lipinski definition) is 4. The number of fused-ring (bicyclic) bond motifs is 1. The Morgan fingerprint density at radius 1 is 1.41 bits per heavy atom. The van der Waals surface area contributed by atoms with Crippen LogP contribution in [0.2, 0.25) is 0 Å². The lowest BCUT2D eigenvalue weighted by molar-refractivity contribution is -0.117. The SMILES string of the molecule is Cc1ccc2nc(NC(=O)CC3CCCCC3N)sc2c1.Cl. The van der Waals surface area contributed by atoms with Gasteiger partial charge in [0.1, 0.15) is 0 Å². The van der Waals surface area contributed by atoms with E-state index in [0.717, 1.165) is 23.1 Å². The Labute approximate surface area is 140 Å². The van der Waals surface area contributed by atoms with Gasteiger partial charge in [0, 0.05) is 12.5 Å². The summed E-state index contributed by atoms with van der Waals surface area (Å²) in [6.45, 7) is 2.06. The summed E-state index contributed by atoms with van der Waals surface area (Å²) in [5, 5.41) is 3.62. The van der Waals surface area contributed by atoms with Gasteiger partial charge in [0.2, 0.25) is 5.91 Å². The van der Waals surface area contributed by atoms with Gasteiger partial charge in [0.05, 0.1) is 10.2 Å². The fourth-order valence-electron chi connectivity index (χ4n) is 2.98. The lowest BCUT2D eigenvalue weighted by atomic mass is 9.83. The molecule has 3 rings (SSSR count). The molecular formula is C16H22ClN3OS. The largest absolute Gasteiger partial charge is 0.327 e. The smallest absolute Gasteiger partial charge is 0.226 e. The van der Waals surface area contributed by atoms with Crippen LogP contribution in [0, 0.1) is 12.8 Å². The fourth-order valence-corrected chi connectivity index (χ4v) is 3.96. The summed E-state index contributed by atoms with van der Waals surface area (Å²) in [6, 6.07) is 6.30. The van der Waals surface area contributed by atoms with Crippen molar-refractivity contribution in [2.75, 3.05) is 5.32 Å². The van der Waals surface area contributed by atoms with E-state index in [1.54, 1.807) is 0 Å². The van der Waals surface area contributed by atoms with Crippen LogP contribution in [0.15, 0.2) is 18.2 Å². The number of carbonyl (C=O) groups is 1. The molecule has 2 aromatic rings. The standard InChI is InChI=1S/C16H21N3OS.ClH/c1-10-6-7-13-14(8-10)21-16(18-13)19-15(20)9-11-4-2-3-5-12(11)17;/h6-8,11-12H,2-5,9,17H2,1H3,(H,18,19,20);1H. The van der Waals surface area contributed by atoms with E-state index in [9.17, 15) is 4.79 Å². The average Bonchev–Trinajstić information content (AvgIpc) is 2.82. The maximum absolute atomic E-state index is 12.2. The van der Waals surface area contributed by atoms with Crippen molar-refractivity contribution in [3.05, 3.63) is 23.8 Å². The predicted molar refractivity (Wildman–Crippen MR) is 94.8 cm³/mol. The maximum Gasteiger partial charge on any atom is 0.226 e. The van der Waals surface area contributed by atoms with E-state index in [0.29, 0.717) is 17.5 Å². The van der Waals surface area contributed by atoms with E-state index < -0.39 is 0 Å². The Balaban J connectivity index is 0.00000176. The molecule has 1 aliphatic carbocycles. The summed E-state index contributed by atoms with van der Waals surface area (Å²) in [7, 11) is 0. The Hall–Kier alpha value is -1.17. The van der Waals surface area contributed by atoms with Gasteiger partial charge in [-0.1, -0.05) is 30.2 Å². The molecule has 1 aromatic carbocycles. The van der Waals surface area contributed by atoms with Gasteiger partial charge >= 0.3 is 0 Å². The number of halogens is 1. The van der Waals surface area contributed by atoms with Crippen molar-refractivity contribution in [2.45, 2.75) is 45.1 Å². The molecule has 1 fully saturated rings. The van der Waals surface area contributed by atoms with Gasteiger partial charge in [-0.25, -0.2) is 4.98 Å². The van der Waals surface area contributed by atoms with Crippen molar-refractivity contribution in [1.29, 1.82) is 0 Å². The Morgan fingerprint density at radius 3 is 2.95 bits per heavy atom. The first-order valence-electron chi connectivity index (χ1n) is 7.54. The van der Waals surface area contributed by atoms with Crippen LogP contribution in [-0.2, 0) is 4.79 Å². The zero-order valence-corrected chi connectivity index (χ0v) is 14.3. The van der Waals surface area contributed by atoms with E-state index in [4.69, 9.17) is 5.73 Å². The minimum Gasteiger partial charge on any atom is -0.327 e. The lowest BCUT2D eigenvalue weighted by Gasteiger charge is -2.27. The van der Waals surface area contributed by atoms with Crippen molar-refractivity contribution in [3.8, 4) is 0 Å². The highest BCUT2D eigenvalue weighted by Crippen LogP contribution is 2.29. The molecule has 22 heavy (non-hydrogen) atoms. The molecule has 1 aromatic heterocycles. The first-order valence-corrected chi connectivity index (χ1v) is 8.36. The van der Waals surface area contributed by atoms with E-state index in [1.807, 2.05) is 12.1 Å². The van der Waals surface area contributed by atoms with Gasteiger partial charge < -0.3 is 11.1 Å². The second-order valence-electron chi connectivity index (χ2n) is 5.95. The number of aromatic nitrogens is 1. The lowest BCUT2D eigenvalue weighted by Crippen LogP contribution is -2.35. The molecule has 1 heterocycles. The highest BCUT2D eigenvalue weighted by molar-refractivity contribution is 7.22. The summed E-state index contributed by atoms with van der Waals surface area (Å²) in [5.74, 6) is 0.350. The highest BCUT2D eigenvalue weighted by atomic mass is 35.5. The first kappa shape index (κ1) is 17.2. The number of anilines is 1. The van der Waals surface area contributed by atoms with Crippen LogP contribution in [0.1, 0.15) is 37.7 Å². The van der Waals surface area contributed by atoms with Crippen molar-refractivity contribution in [3.63, 3.8) is 0 Å². The van der Waals surface area contributed by atoms with Gasteiger partial charge in [-0.05, 0) is 43.4 Å². The number of nitrogens with one attached hydrogen (secondary N) is 1. The fraction of sp³-hybridized carbons (Fsp3) is 0.500. The van der Waals surface area contributed by atoms with Gasteiger partial charge in [-0.3, -0.25) is 4.79 Å². The molecule has 4 nitrogen and oxygen atoms in total. The number of hydrogen-bond donors (Lipinski definition) is 2. The Bertz CT molecular complexity index is 658. The maximum atomic E-state index is 12.2. The molecule has 3 N–H and O–H groups in total. The third kappa shape index (κ3) is 3.97. The molecule has 0 radical (unpaired) electrons. The number of nitrogens with two attached hydrogens (primary N) is 1. The third-order valence-corrected chi connectivity index (χ3v) is 5.14. The van der Waals surface area contributed by atoms with Crippen molar-refractivity contribution >= 4 is 45.0 Å². The monoisotopic (exact) mass is 339 g/mol. The van der Waals surface area contributed by atoms with Crippen LogP contribution >= 0.6 is 23.7 Å². The van der Waals surface area contributed by atoms with Crippen molar-refractivity contribution in [2.24, 2.45) is 11.7 Å². The summed E-state index contributed by atoms with van der Waals surface area (Å²) >= 11 is 1.53. The molecule has 2 atom stereocenters. The van der Waals surface area contributed by atoms with E-state index >= 15 is 0 Å². The highest BCUT2D eigenvalue weighted by Gasteiger charge is 2.24. The van der Waals surface area contributed by atoms with E-state index in [2.05, 4.69) is 23.3 Å². The van der Waals surface area contributed by atoms with E-state index in [-0.39, 0.29) is 24.4 Å². The summed E-state index contributed by atoms with van der Waals surface area (Å²) < 4.78 is 1.11. The molecule has 1 saturated carbocycles. The predicted octanol–water partition coefficient (Wildman–Crippen LogP) is 3.87. The molecule has 0 aliphatic heterocycles. The minimum absolute atomic E-state index is 0. The van der Waals surface area contributed by atoms with Crippen LogP contribution in [0.5, 0.6) is 0 Å². The molecule has 0 spiro atoms. The third-order valence-electron chi connectivity index (χ3n) is 4.21. The van der Waals surface area contributed by atoms with Gasteiger partial charge in [0.25, 0.3) is 0 Å². The summed E-state index contributed by atoms with van der Waals surface area (Å²) in [6.07, 6.45) is 4.99. The second kappa shape index (κ2) is 7.40.